The average molecular weight is 401 g/mol. The Bertz CT molecular complexity index is 714. The zero-order valence-corrected chi connectivity index (χ0v) is 17.6. The zero-order chi connectivity index (χ0) is 18.3. The maximum absolute atomic E-state index is 5.97. The van der Waals surface area contributed by atoms with E-state index in [0.29, 0.717) is 0 Å². The summed E-state index contributed by atoms with van der Waals surface area (Å²) in [6.45, 7) is 6.72. The lowest BCUT2D eigenvalue weighted by atomic mass is 10.1. The van der Waals surface area contributed by atoms with Crippen LogP contribution in [0.15, 0.2) is 48.5 Å². The molecule has 4 heteroatoms. The second kappa shape index (κ2) is 10.7. The van der Waals surface area contributed by atoms with Gasteiger partial charge in [0.15, 0.2) is 0 Å². The van der Waals surface area contributed by atoms with Crippen molar-refractivity contribution >= 4 is 18.1 Å². The molecule has 1 aliphatic carbocycles. The summed E-state index contributed by atoms with van der Waals surface area (Å²) in [5.41, 5.74) is 4.39. The highest BCUT2D eigenvalue weighted by Gasteiger charge is 2.16. The smallest absolute Gasteiger partial charge is 0.119 e. The van der Waals surface area contributed by atoms with Gasteiger partial charge in [0.1, 0.15) is 5.75 Å². The summed E-state index contributed by atoms with van der Waals surface area (Å²) in [5.74, 6) is 1.06. The Labute approximate surface area is 176 Å². The lowest BCUT2D eigenvalue weighted by molar-refractivity contribution is 0.246. The van der Waals surface area contributed by atoms with Crippen molar-refractivity contribution in [2.45, 2.75) is 38.5 Å². The van der Waals surface area contributed by atoms with Gasteiger partial charge in [-0.2, -0.15) is 0 Å². The number of fused-ring (bicyclic) bond motifs is 1. The van der Waals surface area contributed by atoms with Gasteiger partial charge in [-0.1, -0.05) is 24.3 Å². The number of anilines is 1. The molecular weight excluding hydrogens is 368 g/mol. The van der Waals surface area contributed by atoms with Crippen LogP contribution in [-0.2, 0) is 12.8 Å². The van der Waals surface area contributed by atoms with Gasteiger partial charge in [0.25, 0.3) is 0 Å². The molecule has 0 saturated carbocycles. The molecule has 2 aromatic rings. The van der Waals surface area contributed by atoms with Gasteiger partial charge in [0, 0.05) is 31.9 Å². The number of hydrogen-bond donors (Lipinski definition) is 0. The molecule has 1 saturated heterocycles. The fourth-order valence-corrected chi connectivity index (χ4v) is 4.31. The van der Waals surface area contributed by atoms with Crippen LogP contribution in [0.4, 0.5) is 5.69 Å². The van der Waals surface area contributed by atoms with Crippen molar-refractivity contribution < 1.29 is 4.74 Å². The Morgan fingerprint density at radius 1 is 0.786 bits per heavy atom. The van der Waals surface area contributed by atoms with Crippen LogP contribution in [0.2, 0.25) is 0 Å². The predicted octanol–water partition coefficient (Wildman–Crippen LogP) is 4.97. The Hall–Kier alpha value is -1.71. The SMILES string of the molecule is Cl.c1ccc(N2CCN(CCCCCOc3ccc4c(c3)CCC4)CC2)cc1. The van der Waals surface area contributed by atoms with Crippen LogP contribution in [0.3, 0.4) is 0 Å². The van der Waals surface area contributed by atoms with E-state index in [1.54, 1.807) is 0 Å². The van der Waals surface area contributed by atoms with Crippen molar-refractivity contribution in [3.8, 4) is 5.75 Å². The summed E-state index contributed by atoms with van der Waals surface area (Å²) < 4.78 is 5.97. The van der Waals surface area contributed by atoms with E-state index < -0.39 is 0 Å². The first-order chi connectivity index (χ1) is 13.4. The minimum Gasteiger partial charge on any atom is -0.494 e. The number of benzene rings is 2. The van der Waals surface area contributed by atoms with Gasteiger partial charge in [0.2, 0.25) is 0 Å². The lowest BCUT2D eigenvalue weighted by Gasteiger charge is -2.36. The summed E-state index contributed by atoms with van der Waals surface area (Å²) >= 11 is 0. The molecule has 28 heavy (non-hydrogen) atoms. The highest BCUT2D eigenvalue weighted by molar-refractivity contribution is 5.85. The molecule has 4 rings (SSSR count). The van der Waals surface area contributed by atoms with Gasteiger partial charge < -0.3 is 9.64 Å². The molecule has 0 atom stereocenters. The van der Waals surface area contributed by atoms with E-state index in [9.17, 15) is 0 Å². The van der Waals surface area contributed by atoms with Crippen molar-refractivity contribution in [1.82, 2.24) is 4.90 Å². The number of piperazine rings is 1. The molecule has 2 aromatic carbocycles. The Morgan fingerprint density at radius 3 is 2.39 bits per heavy atom. The molecule has 0 spiro atoms. The Balaban J connectivity index is 0.00000225. The lowest BCUT2D eigenvalue weighted by Crippen LogP contribution is -2.46. The molecule has 0 bridgehead atoms. The van der Waals surface area contributed by atoms with Gasteiger partial charge in [-0.3, -0.25) is 4.90 Å². The molecule has 152 valence electrons. The third kappa shape index (κ3) is 5.65. The third-order valence-corrected chi connectivity index (χ3v) is 5.95. The van der Waals surface area contributed by atoms with Gasteiger partial charge in [0.05, 0.1) is 6.61 Å². The normalized spacial score (nSPS) is 16.5. The average Bonchev–Trinajstić information content (AvgIpc) is 3.19. The Kier molecular flexibility index (Phi) is 8.05. The van der Waals surface area contributed by atoms with Crippen LogP contribution in [0.25, 0.3) is 0 Å². The largest absolute Gasteiger partial charge is 0.494 e. The van der Waals surface area contributed by atoms with Crippen LogP contribution in [0, 0.1) is 0 Å². The molecule has 1 heterocycles. The molecule has 1 aliphatic heterocycles. The molecule has 0 aromatic heterocycles. The monoisotopic (exact) mass is 400 g/mol. The predicted molar refractivity (Wildman–Crippen MR) is 120 cm³/mol. The molecule has 1 fully saturated rings. The van der Waals surface area contributed by atoms with Gasteiger partial charge in [-0.15, -0.1) is 12.4 Å². The van der Waals surface area contributed by atoms with Gasteiger partial charge >= 0.3 is 0 Å². The second-order valence-corrected chi connectivity index (χ2v) is 7.86. The van der Waals surface area contributed by atoms with Gasteiger partial charge in [-0.05, 0) is 80.5 Å². The quantitative estimate of drug-likeness (QED) is 0.582. The number of rotatable bonds is 8. The number of halogens is 1. The number of aryl methyl sites for hydroxylation is 2. The first-order valence-corrected chi connectivity index (χ1v) is 10.7. The number of ether oxygens (including phenoxy) is 1. The number of nitrogens with zero attached hydrogens (tertiary/aromatic N) is 2. The minimum atomic E-state index is 0. The summed E-state index contributed by atoms with van der Waals surface area (Å²) in [7, 11) is 0. The molecular formula is C24H33ClN2O. The first-order valence-electron chi connectivity index (χ1n) is 10.7. The number of hydrogen-bond acceptors (Lipinski definition) is 3. The third-order valence-electron chi connectivity index (χ3n) is 5.95. The summed E-state index contributed by atoms with van der Waals surface area (Å²) in [6, 6.07) is 17.5. The minimum absolute atomic E-state index is 0. The van der Waals surface area contributed by atoms with E-state index in [2.05, 4.69) is 58.3 Å². The van der Waals surface area contributed by atoms with Crippen LogP contribution >= 0.6 is 12.4 Å². The second-order valence-electron chi connectivity index (χ2n) is 7.86. The standard InChI is InChI=1S/C24H32N2O.ClH/c1-3-10-23(11-4-1)26-17-15-25(16-18-26)14-5-2-6-19-27-24-13-12-21-8-7-9-22(21)20-24;/h1,3-4,10-13,20H,2,5-9,14-19H2;1H. The maximum Gasteiger partial charge on any atom is 0.119 e. The van der Waals surface area contributed by atoms with Crippen molar-refractivity contribution in [3.63, 3.8) is 0 Å². The van der Waals surface area contributed by atoms with Crippen molar-refractivity contribution in [2.75, 3.05) is 44.2 Å². The van der Waals surface area contributed by atoms with Gasteiger partial charge in [-0.25, -0.2) is 0 Å². The molecule has 2 aliphatic rings. The highest BCUT2D eigenvalue weighted by Crippen LogP contribution is 2.26. The van der Waals surface area contributed by atoms with E-state index in [-0.39, 0.29) is 12.4 Å². The maximum atomic E-state index is 5.97. The van der Waals surface area contributed by atoms with E-state index >= 15 is 0 Å². The van der Waals surface area contributed by atoms with E-state index in [4.69, 9.17) is 4.74 Å². The highest BCUT2D eigenvalue weighted by atomic mass is 35.5. The summed E-state index contributed by atoms with van der Waals surface area (Å²) in [4.78, 5) is 5.11. The zero-order valence-electron chi connectivity index (χ0n) is 16.8. The van der Waals surface area contributed by atoms with Crippen LogP contribution < -0.4 is 9.64 Å². The van der Waals surface area contributed by atoms with Crippen molar-refractivity contribution in [3.05, 3.63) is 59.7 Å². The fraction of sp³-hybridized carbons (Fsp3) is 0.500. The first kappa shape index (κ1) is 21.0. The van der Waals surface area contributed by atoms with Crippen molar-refractivity contribution in [1.29, 1.82) is 0 Å². The number of unbranched alkanes of at least 4 members (excludes halogenated alkanes) is 2. The molecule has 0 unspecified atom stereocenters. The molecule has 0 N–H and O–H groups in total. The molecule has 0 radical (unpaired) electrons. The van der Waals surface area contributed by atoms with E-state index in [1.165, 1.54) is 68.6 Å². The van der Waals surface area contributed by atoms with Crippen LogP contribution in [0.5, 0.6) is 5.75 Å². The Morgan fingerprint density at radius 2 is 1.57 bits per heavy atom. The summed E-state index contributed by atoms with van der Waals surface area (Å²) in [6.07, 6.45) is 7.46. The van der Waals surface area contributed by atoms with Crippen LogP contribution in [0.1, 0.15) is 36.8 Å². The molecule has 3 nitrogen and oxygen atoms in total. The summed E-state index contributed by atoms with van der Waals surface area (Å²) in [5, 5.41) is 0. The number of para-hydroxylation sites is 1. The fourth-order valence-electron chi connectivity index (χ4n) is 4.31. The van der Waals surface area contributed by atoms with E-state index in [1.807, 2.05) is 0 Å². The van der Waals surface area contributed by atoms with Crippen LogP contribution in [-0.4, -0.2) is 44.2 Å². The van der Waals surface area contributed by atoms with E-state index in [0.717, 1.165) is 31.9 Å². The topological polar surface area (TPSA) is 15.7 Å². The van der Waals surface area contributed by atoms with Crippen molar-refractivity contribution in [2.24, 2.45) is 0 Å². The molecule has 0 amide bonds.